The van der Waals surface area contributed by atoms with Crippen LogP contribution in [0.1, 0.15) is 28.8 Å². The Morgan fingerprint density at radius 3 is 2.93 bits per heavy atom. The number of nitrogens with zero attached hydrogens (tertiary/aromatic N) is 5. The van der Waals surface area contributed by atoms with E-state index in [2.05, 4.69) is 48.9 Å². The fourth-order valence-electron chi connectivity index (χ4n) is 4.18. The third-order valence-electron chi connectivity index (χ3n) is 5.71. The summed E-state index contributed by atoms with van der Waals surface area (Å²) in [6.07, 6.45) is 5.27. The van der Waals surface area contributed by atoms with Crippen molar-refractivity contribution in [1.29, 1.82) is 0 Å². The summed E-state index contributed by atoms with van der Waals surface area (Å²) in [4.78, 5) is 10.9. The van der Waals surface area contributed by atoms with Gasteiger partial charge in [0.15, 0.2) is 5.96 Å². The highest BCUT2D eigenvalue weighted by atomic mass is 32.1. The Morgan fingerprint density at radius 1 is 1.39 bits per heavy atom. The highest BCUT2D eigenvalue weighted by Crippen LogP contribution is 2.28. The lowest BCUT2D eigenvalue weighted by Gasteiger charge is -2.35. The summed E-state index contributed by atoms with van der Waals surface area (Å²) in [5.74, 6) is 1.53. The lowest BCUT2D eigenvalue weighted by Crippen LogP contribution is -2.46. The summed E-state index contributed by atoms with van der Waals surface area (Å²) >= 11 is 1.83. The maximum atomic E-state index is 5.55. The fraction of sp³-hybridized carbons (Fsp3) is 0.600. The van der Waals surface area contributed by atoms with E-state index in [1.54, 1.807) is 0 Å². The molecule has 0 spiro atoms. The van der Waals surface area contributed by atoms with E-state index in [9.17, 15) is 0 Å². The van der Waals surface area contributed by atoms with Crippen molar-refractivity contribution in [2.24, 2.45) is 12.0 Å². The van der Waals surface area contributed by atoms with Gasteiger partial charge in [0, 0.05) is 63.8 Å². The monoisotopic (exact) mass is 402 g/mol. The minimum absolute atomic E-state index is 0.359. The highest BCUT2D eigenvalue weighted by molar-refractivity contribution is 7.10. The minimum Gasteiger partial charge on any atom is -0.379 e. The molecular weight excluding hydrogens is 372 g/mol. The molecule has 4 heterocycles. The van der Waals surface area contributed by atoms with Crippen LogP contribution >= 0.6 is 11.3 Å². The number of likely N-dealkylation sites (tertiary alicyclic amines) is 1. The van der Waals surface area contributed by atoms with Gasteiger partial charge >= 0.3 is 0 Å². The summed E-state index contributed by atoms with van der Waals surface area (Å²) in [5.41, 5.74) is 1.32. The number of hydrogen-bond acceptors (Lipinski definition) is 5. The second kappa shape index (κ2) is 9.07. The van der Waals surface area contributed by atoms with Crippen LogP contribution in [0.15, 0.2) is 34.9 Å². The van der Waals surface area contributed by atoms with Gasteiger partial charge in [-0.05, 0) is 23.4 Å². The van der Waals surface area contributed by atoms with Crippen molar-refractivity contribution < 1.29 is 4.74 Å². The molecule has 8 heteroatoms. The molecule has 4 rings (SSSR count). The second-order valence-corrected chi connectivity index (χ2v) is 8.47. The van der Waals surface area contributed by atoms with Gasteiger partial charge < -0.3 is 15.0 Å². The van der Waals surface area contributed by atoms with Crippen molar-refractivity contribution in [1.82, 2.24) is 24.9 Å². The molecule has 0 radical (unpaired) electrons. The molecule has 28 heavy (non-hydrogen) atoms. The van der Waals surface area contributed by atoms with Crippen LogP contribution in [-0.2, 0) is 11.8 Å². The molecule has 7 nitrogen and oxygen atoms in total. The van der Waals surface area contributed by atoms with Gasteiger partial charge in [0.2, 0.25) is 0 Å². The lowest BCUT2D eigenvalue weighted by atomic mass is 10.0. The first-order valence-electron chi connectivity index (χ1n) is 10.0. The van der Waals surface area contributed by atoms with Gasteiger partial charge in [-0.25, -0.2) is 0 Å². The molecule has 0 amide bonds. The van der Waals surface area contributed by atoms with Crippen molar-refractivity contribution in [2.45, 2.75) is 18.4 Å². The Kier molecular flexibility index (Phi) is 6.29. The van der Waals surface area contributed by atoms with Crippen LogP contribution in [0.5, 0.6) is 0 Å². The van der Waals surface area contributed by atoms with Crippen LogP contribution in [-0.4, -0.2) is 78.5 Å². The molecule has 2 aliphatic rings. The molecule has 2 aliphatic heterocycles. The van der Waals surface area contributed by atoms with Crippen molar-refractivity contribution in [3.63, 3.8) is 0 Å². The van der Waals surface area contributed by atoms with E-state index in [4.69, 9.17) is 4.74 Å². The van der Waals surface area contributed by atoms with Crippen molar-refractivity contribution in [3.8, 4) is 0 Å². The number of nitrogens with one attached hydrogen (secondary N) is 1. The molecule has 0 saturated carbocycles. The summed E-state index contributed by atoms with van der Waals surface area (Å²) in [7, 11) is 3.86. The molecule has 0 bridgehead atoms. The zero-order chi connectivity index (χ0) is 19.3. The van der Waals surface area contributed by atoms with E-state index < -0.39 is 0 Å². The minimum atomic E-state index is 0.359. The van der Waals surface area contributed by atoms with E-state index in [0.717, 1.165) is 58.3 Å². The van der Waals surface area contributed by atoms with Gasteiger partial charge in [-0.3, -0.25) is 14.6 Å². The summed E-state index contributed by atoms with van der Waals surface area (Å²) in [5, 5.41) is 10.1. The van der Waals surface area contributed by atoms with Gasteiger partial charge in [0.05, 0.1) is 25.5 Å². The Hall–Kier alpha value is -1.90. The number of hydrogen-bond donors (Lipinski definition) is 1. The molecule has 2 saturated heterocycles. The first kappa shape index (κ1) is 19.4. The van der Waals surface area contributed by atoms with E-state index in [0.29, 0.717) is 12.0 Å². The van der Waals surface area contributed by atoms with Crippen LogP contribution < -0.4 is 5.32 Å². The molecule has 2 unspecified atom stereocenters. The van der Waals surface area contributed by atoms with Crippen molar-refractivity contribution in [2.75, 3.05) is 53.0 Å². The van der Waals surface area contributed by atoms with Gasteiger partial charge in [-0.2, -0.15) is 5.10 Å². The van der Waals surface area contributed by atoms with E-state index in [1.165, 1.54) is 10.4 Å². The SMILES string of the molecule is CN=C(NCC(c1cccs1)N1CCOCC1)N1CCC(c2cnn(C)c2)C1. The molecule has 2 aromatic rings. The third-order valence-corrected chi connectivity index (χ3v) is 6.68. The van der Waals surface area contributed by atoms with Crippen LogP contribution in [0.2, 0.25) is 0 Å². The van der Waals surface area contributed by atoms with Gasteiger partial charge in [0.25, 0.3) is 0 Å². The number of guanidine groups is 1. The Morgan fingerprint density at radius 2 is 2.25 bits per heavy atom. The zero-order valence-electron chi connectivity index (χ0n) is 16.8. The molecule has 0 aliphatic carbocycles. The Labute approximate surface area is 171 Å². The first-order valence-corrected chi connectivity index (χ1v) is 10.9. The molecule has 1 N–H and O–H groups in total. The first-order chi connectivity index (χ1) is 13.7. The molecule has 2 atom stereocenters. The predicted octanol–water partition coefficient (Wildman–Crippen LogP) is 1.92. The largest absolute Gasteiger partial charge is 0.379 e. The van der Waals surface area contributed by atoms with E-state index in [1.807, 2.05) is 36.3 Å². The number of thiophene rings is 1. The number of morpholine rings is 1. The second-order valence-electron chi connectivity index (χ2n) is 7.49. The van der Waals surface area contributed by atoms with Crippen molar-refractivity contribution in [3.05, 3.63) is 40.3 Å². The summed E-state index contributed by atoms with van der Waals surface area (Å²) in [6, 6.07) is 4.74. The quantitative estimate of drug-likeness (QED) is 0.612. The van der Waals surface area contributed by atoms with Crippen molar-refractivity contribution >= 4 is 17.3 Å². The molecule has 152 valence electrons. The number of aryl methyl sites for hydroxylation is 1. The van der Waals surface area contributed by atoms with E-state index in [-0.39, 0.29) is 0 Å². The number of aromatic nitrogens is 2. The van der Waals surface area contributed by atoms with Crippen LogP contribution in [0, 0.1) is 0 Å². The van der Waals surface area contributed by atoms with Crippen LogP contribution in [0.3, 0.4) is 0 Å². The summed E-state index contributed by atoms with van der Waals surface area (Å²) < 4.78 is 7.44. The van der Waals surface area contributed by atoms with Gasteiger partial charge in [-0.1, -0.05) is 6.07 Å². The van der Waals surface area contributed by atoms with Crippen LogP contribution in [0.4, 0.5) is 0 Å². The molecule has 2 aromatic heterocycles. The molecule has 2 fully saturated rings. The average Bonchev–Trinajstić information content (AvgIpc) is 3.48. The lowest BCUT2D eigenvalue weighted by molar-refractivity contribution is 0.0176. The normalized spacial score (nSPS) is 22.6. The fourth-order valence-corrected chi connectivity index (χ4v) is 5.04. The van der Waals surface area contributed by atoms with Gasteiger partial charge in [-0.15, -0.1) is 11.3 Å². The predicted molar refractivity (Wildman–Crippen MR) is 113 cm³/mol. The maximum absolute atomic E-state index is 5.55. The smallest absolute Gasteiger partial charge is 0.193 e. The number of aliphatic imine (C=N–C) groups is 1. The highest BCUT2D eigenvalue weighted by Gasteiger charge is 2.28. The Bertz CT molecular complexity index is 768. The molecule has 0 aromatic carbocycles. The van der Waals surface area contributed by atoms with Gasteiger partial charge in [0.1, 0.15) is 0 Å². The molecular formula is C20H30N6OS. The summed E-state index contributed by atoms with van der Waals surface area (Å²) in [6.45, 7) is 6.48. The topological polar surface area (TPSA) is 57.9 Å². The van der Waals surface area contributed by atoms with E-state index >= 15 is 0 Å². The van der Waals surface area contributed by atoms with Crippen LogP contribution in [0.25, 0.3) is 0 Å². The maximum Gasteiger partial charge on any atom is 0.193 e. The average molecular weight is 403 g/mol. The number of rotatable bonds is 5. The Balaban J connectivity index is 1.38. The zero-order valence-corrected chi connectivity index (χ0v) is 17.6. The number of ether oxygens (including phenoxy) is 1. The third kappa shape index (κ3) is 4.39. The standard InChI is InChI=1S/C20H30N6OS/c1-21-20(26-6-5-16(15-26)17-12-23-24(2)14-17)22-13-18(19-4-3-11-28-19)25-7-9-27-10-8-25/h3-4,11-12,14,16,18H,5-10,13,15H2,1-2H3,(H,21,22).